The number of nitrogens with zero attached hydrogens (tertiary/aromatic N) is 1. The minimum absolute atomic E-state index is 0.240. The number of nitrogens with one attached hydrogen (secondary N) is 2. The number of carbonyl (C=O) groups is 1. The fourth-order valence-corrected chi connectivity index (χ4v) is 1.17. The van der Waals surface area contributed by atoms with Crippen LogP contribution in [0.25, 0.3) is 0 Å². The molecular weight excluding hydrogens is 202 g/mol. The third kappa shape index (κ3) is 3.65. The monoisotopic (exact) mass is 219 g/mol. The van der Waals surface area contributed by atoms with E-state index >= 15 is 0 Å². The SMILES string of the molecule is C/C=C/NC(=O)Nc1ccc(N(C)C)cc1. The van der Waals surface area contributed by atoms with Gasteiger partial charge >= 0.3 is 6.03 Å². The van der Waals surface area contributed by atoms with E-state index in [2.05, 4.69) is 10.6 Å². The lowest BCUT2D eigenvalue weighted by molar-refractivity contribution is 0.255. The quantitative estimate of drug-likeness (QED) is 0.820. The van der Waals surface area contributed by atoms with Crippen LogP contribution in [0.1, 0.15) is 6.92 Å². The number of allylic oxidation sites excluding steroid dienone is 1. The smallest absolute Gasteiger partial charge is 0.323 e. The lowest BCUT2D eigenvalue weighted by Crippen LogP contribution is -2.23. The highest BCUT2D eigenvalue weighted by molar-refractivity contribution is 5.90. The Labute approximate surface area is 96.0 Å². The van der Waals surface area contributed by atoms with E-state index in [1.807, 2.05) is 50.2 Å². The number of urea groups is 1. The lowest BCUT2D eigenvalue weighted by atomic mass is 10.2. The Morgan fingerprint density at radius 3 is 2.38 bits per heavy atom. The highest BCUT2D eigenvalue weighted by Crippen LogP contribution is 2.15. The van der Waals surface area contributed by atoms with Crippen molar-refractivity contribution in [1.82, 2.24) is 5.32 Å². The van der Waals surface area contributed by atoms with E-state index in [1.54, 1.807) is 12.3 Å². The molecule has 0 bridgehead atoms. The first-order valence-corrected chi connectivity index (χ1v) is 5.09. The van der Waals surface area contributed by atoms with Crippen LogP contribution in [0.4, 0.5) is 16.2 Å². The standard InChI is InChI=1S/C12H17N3O/c1-4-9-13-12(16)14-10-5-7-11(8-6-10)15(2)3/h4-9H,1-3H3,(H2,13,14,16)/b9-4+. The first kappa shape index (κ1) is 12.1. The topological polar surface area (TPSA) is 44.4 Å². The van der Waals surface area contributed by atoms with Crippen molar-refractivity contribution in [2.45, 2.75) is 6.92 Å². The van der Waals surface area contributed by atoms with Gasteiger partial charge in [0.2, 0.25) is 0 Å². The number of carbonyl (C=O) groups excluding carboxylic acids is 1. The van der Waals surface area contributed by atoms with Gasteiger partial charge < -0.3 is 15.5 Å². The second kappa shape index (κ2) is 5.80. The Bertz CT molecular complexity index is 368. The average molecular weight is 219 g/mol. The van der Waals surface area contributed by atoms with Crippen LogP contribution in [0.15, 0.2) is 36.5 Å². The van der Waals surface area contributed by atoms with Gasteiger partial charge in [0.25, 0.3) is 0 Å². The molecule has 0 aliphatic carbocycles. The molecule has 0 saturated heterocycles. The third-order valence-electron chi connectivity index (χ3n) is 2.02. The maximum Gasteiger partial charge on any atom is 0.323 e. The number of rotatable bonds is 3. The lowest BCUT2D eigenvalue weighted by Gasteiger charge is -2.12. The molecule has 4 nitrogen and oxygen atoms in total. The van der Waals surface area contributed by atoms with Gasteiger partial charge in [0.15, 0.2) is 0 Å². The Morgan fingerprint density at radius 2 is 1.88 bits per heavy atom. The maximum absolute atomic E-state index is 11.3. The van der Waals surface area contributed by atoms with Gasteiger partial charge in [0.1, 0.15) is 0 Å². The summed E-state index contributed by atoms with van der Waals surface area (Å²) < 4.78 is 0. The Morgan fingerprint density at radius 1 is 1.25 bits per heavy atom. The average Bonchev–Trinajstić information content (AvgIpc) is 2.27. The van der Waals surface area contributed by atoms with Crippen molar-refractivity contribution < 1.29 is 4.79 Å². The summed E-state index contributed by atoms with van der Waals surface area (Å²) in [4.78, 5) is 13.3. The van der Waals surface area contributed by atoms with E-state index in [4.69, 9.17) is 0 Å². The summed E-state index contributed by atoms with van der Waals surface area (Å²) in [6, 6.07) is 7.39. The summed E-state index contributed by atoms with van der Waals surface area (Å²) in [7, 11) is 3.95. The summed E-state index contributed by atoms with van der Waals surface area (Å²) in [6.45, 7) is 1.84. The molecule has 86 valence electrons. The minimum Gasteiger partial charge on any atom is -0.378 e. The van der Waals surface area contributed by atoms with Crippen LogP contribution in [0.3, 0.4) is 0 Å². The molecule has 4 heteroatoms. The molecule has 0 atom stereocenters. The van der Waals surface area contributed by atoms with E-state index in [-0.39, 0.29) is 6.03 Å². The molecular formula is C12H17N3O. The maximum atomic E-state index is 11.3. The van der Waals surface area contributed by atoms with E-state index in [0.717, 1.165) is 11.4 Å². The van der Waals surface area contributed by atoms with Crippen molar-refractivity contribution in [1.29, 1.82) is 0 Å². The molecule has 0 unspecified atom stereocenters. The summed E-state index contributed by atoms with van der Waals surface area (Å²) in [5, 5.41) is 5.30. The summed E-state index contributed by atoms with van der Waals surface area (Å²) >= 11 is 0. The van der Waals surface area contributed by atoms with Gasteiger partial charge in [-0.15, -0.1) is 0 Å². The van der Waals surface area contributed by atoms with Crippen molar-refractivity contribution in [3.05, 3.63) is 36.5 Å². The van der Waals surface area contributed by atoms with Gasteiger partial charge in [-0.3, -0.25) is 0 Å². The zero-order chi connectivity index (χ0) is 12.0. The molecule has 0 heterocycles. The van der Waals surface area contributed by atoms with Crippen LogP contribution in [-0.4, -0.2) is 20.1 Å². The van der Waals surface area contributed by atoms with Gasteiger partial charge in [0, 0.05) is 31.7 Å². The Balaban J connectivity index is 2.58. The van der Waals surface area contributed by atoms with E-state index in [1.165, 1.54) is 0 Å². The van der Waals surface area contributed by atoms with Gasteiger partial charge in [-0.1, -0.05) is 6.08 Å². The molecule has 0 spiro atoms. The number of anilines is 2. The highest BCUT2D eigenvalue weighted by Gasteiger charge is 1.99. The minimum atomic E-state index is -0.240. The molecule has 0 saturated carbocycles. The largest absolute Gasteiger partial charge is 0.378 e. The third-order valence-corrected chi connectivity index (χ3v) is 2.02. The second-order valence-corrected chi connectivity index (χ2v) is 3.54. The van der Waals surface area contributed by atoms with Crippen LogP contribution >= 0.6 is 0 Å². The molecule has 2 N–H and O–H groups in total. The Hall–Kier alpha value is -1.97. The van der Waals surface area contributed by atoms with Crippen LogP contribution < -0.4 is 15.5 Å². The van der Waals surface area contributed by atoms with Gasteiger partial charge in [0.05, 0.1) is 0 Å². The first-order valence-electron chi connectivity index (χ1n) is 5.09. The van der Waals surface area contributed by atoms with Gasteiger partial charge in [-0.2, -0.15) is 0 Å². The van der Waals surface area contributed by atoms with Crippen molar-refractivity contribution in [3.8, 4) is 0 Å². The van der Waals surface area contributed by atoms with E-state index in [9.17, 15) is 4.79 Å². The zero-order valence-electron chi connectivity index (χ0n) is 9.82. The molecule has 0 aliphatic heterocycles. The fourth-order valence-electron chi connectivity index (χ4n) is 1.17. The summed E-state index contributed by atoms with van der Waals surface area (Å²) in [6.07, 6.45) is 3.35. The molecule has 16 heavy (non-hydrogen) atoms. The van der Waals surface area contributed by atoms with Crippen LogP contribution in [0.2, 0.25) is 0 Å². The normalized spacial score (nSPS) is 10.2. The van der Waals surface area contributed by atoms with Gasteiger partial charge in [-0.25, -0.2) is 4.79 Å². The molecule has 1 aromatic rings. The Kier molecular flexibility index (Phi) is 4.39. The van der Waals surface area contributed by atoms with E-state index in [0.29, 0.717) is 0 Å². The second-order valence-electron chi connectivity index (χ2n) is 3.54. The van der Waals surface area contributed by atoms with Crippen LogP contribution in [-0.2, 0) is 0 Å². The number of amides is 2. The molecule has 0 radical (unpaired) electrons. The molecule has 1 aromatic carbocycles. The predicted molar refractivity (Wildman–Crippen MR) is 67.7 cm³/mol. The predicted octanol–water partition coefficient (Wildman–Crippen LogP) is 2.41. The van der Waals surface area contributed by atoms with Crippen molar-refractivity contribution >= 4 is 17.4 Å². The van der Waals surface area contributed by atoms with Crippen LogP contribution in [0, 0.1) is 0 Å². The van der Waals surface area contributed by atoms with Crippen molar-refractivity contribution in [2.24, 2.45) is 0 Å². The summed E-state index contributed by atoms with van der Waals surface area (Å²) in [5.41, 5.74) is 1.87. The number of benzene rings is 1. The highest BCUT2D eigenvalue weighted by atomic mass is 16.2. The molecule has 0 fully saturated rings. The van der Waals surface area contributed by atoms with Crippen molar-refractivity contribution in [3.63, 3.8) is 0 Å². The van der Waals surface area contributed by atoms with Crippen molar-refractivity contribution in [2.75, 3.05) is 24.3 Å². The molecule has 0 aromatic heterocycles. The van der Waals surface area contributed by atoms with Crippen LogP contribution in [0.5, 0.6) is 0 Å². The number of hydrogen-bond acceptors (Lipinski definition) is 2. The fraction of sp³-hybridized carbons (Fsp3) is 0.250. The number of hydrogen-bond donors (Lipinski definition) is 2. The molecule has 2 amide bonds. The first-order chi connectivity index (χ1) is 7.63. The van der Waals surface area contributed by atoms with Gasteiger partial charge in [-0.05, 0) is 31.2 Å². The zero-order valence-corrected chi connectivity index (χ0v) is 9.82. The summed E-state index contributed by atoms with van der Waals surface area (Å²) in [5.74, 6) is 0. The van der Waals surface area contributed by atoms with E-state index < -0.39 is 0 Å². The molecule has 1 rings (SSSR count). The molecule has 0 aliphatic rings.